The van der Waals surface area contributed by atoms with E-state index in [2.05, 4.69) is 4.98 Å². The highest BCUT2D eigenvalue weighted by atomic mass is 32.1. The van der Waals surface area contributed by atoms with Crippen molar-refractivity contribution in [1.82, 2.24) is 9.55 Å². The maximum absolute atomic E-state index is 12.0. The van der Waals surface area contributed by atoms with Gasteiger partial charge in [-0.25, -0.2) is 14.6 Å². The van der Waals surface area contributed by atoms with Gasteiger partial charge in [0.05, 0.1) is 19.5 Å². The fourth-order valence-corrected chi connectivity index (χ4v) is 2.53. The zero-order chi connectivity index (χ0) is 18.1. The quantitative estimate of drug-likeness (QED) is 0.496. The molecule has 0 aromatic carbocycles. The maximum Gasteiger partial charge on any atom is 0.511 e. The number of thiophene rings is 1. The van der Waals surface area contributed by atoms with Gasteiger partial charge in [-0.15, -0.1) is 0 Å². The number of imidazole rings is 1. The standard InChI is InChI=1S/C16H20N2O6S/c1-3-9-22-16(20)24-12(2)23-15(19)13-4-5-14(25-13)21-10-8-18-7-6-17-11-18/h4-7,11-12H,3,8-10H2,1-2H3. The lowest BCUT2D eigenvalue weighted by atomic mass is 10.5. The van der Waals surface area contributed by atoms with Crippen LogP contribution in [0.1, 0.15) is 29.9 Å². The van der Waals surface area contributed by atoms with Crippen molar-refractivity contribution in [1.29, 1.82) is 0 Å². The van der Waals surface area contributed by atoms with Crippen LogP contribution in [-0.4, -0.2) is 41.2 Å². The Hall–Kier alpha value is -2.55. The number of carbonyl (C=O) groups excluding carboxylic acids is 2. The molecule has 2 aromatic heterocycles. The van der Waals surface area contributed by atoms with Crippen LogP contribution in [0, 0.1) is 0 Å². The molecule has 2 aromatic rings. The Morgan fingerprint density at radius 1 is 1.28 bits per heavy atom. The number of hydrogen-bond acceptors (Lipinski definition) is 8. The topological polar surface area (TPSA) is 88.9 Å². The van der Waals surface area contributed by atoms with Gasteiger partial charge in [0.25, 0.3) is 0 Å². The predicted octanol–water partition coefficient (Wildman–Crippen LogP) is 3.09. The number of hydrogen-bond donors (Lipinski definition) is 0. The van der Waals surface area contributed by atoms with Crippen LogP contribution in [0.2, 0.25) is 0 Å². The third-order valence-corrected chi connectivity index (χ3v) is 3.87. The number of esters is 1. The summed E-state index contributed by atoms with van der Waals surface area (Å²) in [7, 11) is 0. The molecule has 1 unspecified atom stereocenters. The van der Waals surface area contributed by atoms with Gasteiger partial charge < -0.3 is 23.5 Å². The lowest BCUT2D eigenvalue weighted by Crippen LogP contribution is -2.22. The van der Waals surface area contributed by atoms with Gasteiger partial charge in [-0.2, -0.15) is 0 Å². The zero-order valence-electron chi connectivity index (χ0n) is 14.0. The Labute approximate surface area is 149 Å². The number of ether oxygens (including phenoxy) is 4. The summed E-state index contributed by atoms with van der Waals surface area (Å²) in [5, 5.41) is 0.600. The van der Waals surface area contributed by atoms with Gasteiger partial charge >= 0.3 is 12.1 Å². The molecule has 0 N–H and O–H groups in total. The van der Waals surface area contributed by atoms with Crippen LogP contribution in [0.15, 0.2) is 30.9 Å². The van der Waals surface area contributed by atoms with Gasteiger partial charge in [0.2, 0.25) is 6.29 Å². The Bertz CT molecular complexity index is 670. The Kier molecular flexibility index (Phi) is 7.27. The van der Waals surface area contributed by atoms with Gasteiger partial charge in [-0.3, -0.25) is 0 Å². The summed E-state index contributed by atoms with van der Waals surface area (Å²) in [6.07, 6.45) is 4.02. The fraction of sp³-hybridized carbons (Fsp3) is 0.438. The molecule has 1 atom stereocenters. The number of rotatable bonds is 9. The highest BCUT2D eigenvalue weighted by molar-refractivity contribution is 7.15. The molecule has 25 heavy (non-hydrogen) atoms. The largest absolute Gasteiger partial charge is 0.511 e. The molecule has 136 valence electrons. The minimum atomic E-state index is -1.04. The second-order valence-corrected chi connectivity index (χ2v) is 6.00. The molecule has 0 amide bonds. The first-order valence-electron chi connectivity index (χ1n) is 7.81. The minimum absolute atomic E-state index is 0.254. The van der Waals surface area contributed by atoms with Gasteiger partial charge in [0, 0.05) is 19.3 Å². The first-order chi connectivity index (χ1) is 12.1. The first-order valence-corrected chi connectivity index (χ1v) is 8.63. The van der Waals surface area contributed by atoms with Crippen molar-refractivity contribution in [2.24, 2.45) is 0 Å². The molecule has 8 nitrogen and oxygen atoms in total. The monoisotopic (exact) mass is 368 g/mol. The molecule has 0 aliphatic carbocycles. The minimum Gasteiger partial charge on any atom is -0.482 e. The van der Waals surface area contributed by atoms with Gasteiger partial charge in [0.1, 0.15) is 11.5 Å². The van der Waals surface area contributed by atoms with Crippen molar-refractivity contribution in [2.75, 3.05) is 13.2 Å². The van der Waals surface area contributed by atoms with E-state index in [9.17, 15) is 9.59 Å². The maximum atomic E-state index is 12.0. The van der Waals surface area contributed by atoms with Crippen LogP contribution < -0.4 is 4.74 Å². The first kappa shape index (κ1) is 18.8. The van der Waals surface area contributed by atoms with Crippen molar-refractivity contribution in [3.63, 3.8) is 0 Å². The summed E-state index contributed by atoms with van der Waals surface area (Å²) in [5.74, 6) is -0.592. The summed E-state index contributed by atoms with van der Waals surface area (Å²) in [5.41, 5.74) is 0. The molecule has 9 heteroatoms. The third kappa shape index (κ3) is 6.46. The van der Waals surface area contributed by atoms with Crippen molar-refractivity contribution in [3.8, 4) is 5.06 Å². The van der Waals surface area contributed by atoms with Crippen LogP contribution >= 0.6 is 11.3 Å². The molecule has 0 aliphatic rings. The molecular formula is C16H20N2O6S. The molecular weight excluding hydrogens is 348 g/mol. The van der Waals surface area contributed by atoms with E-state index >= 15 is 0 Å². The SMILES string of the molecule is CCCOC(=O)OC(C)OC(=O)c1ccc(OCCn2ccnc2)s1. The van der Waals surface area contributed by atoms with E-state index in [0.29, 0.717) is 29.5 Å². The lowest BCUT2D eigenvalue weighted by Gasteiger charge is -2.13. The van der Waals surface area contributed by atoms with Crippen LogP contribution in [-0.2, 0) is 20.8 Å². The van der Waals surface area contributed by atoms with E-state index in [1.54, 1.807) is 24.7 Å². The van der Waals surface area contributed by atoms with Crippen molar-refractivity contribution in [3.05, 3.63) is 35.7 Å². The smallest absolute Gasteiger partial charge is 0.482 e. The Balaban J connectivity index is 1.74. The summed E-state index contributed by atoms with van der Waals surface area (Å²) >= 11 is 1.16. The van der Waals surface area contributed by atoms with Crippen LogP contribution in [0.25, 0.3) is 0 Å². The summed E-state index contributed by atoms with van der Waals surface area (Å²) in [6.45, 7) is 4.67. The fourth-order valence-electron chi connectivity index (χ4n) is 1.77. The molecule has 0 saturated heterocycles. The number of nitrogens with zero attached hydrogens (tertiary/aromatic N) is 2. The lowest BCUT2D eigenvalue weighted by molar-refractivity contribution is -0.0816. The van der Waals surface area contributed by atoms with Gasteiger partial charge in [0.15, 0.2) is 5.06 Å². The molecule has 0 bridgehead atoms. The molecule has 0 spiro atoms. The van der Waals surface area contributed by atoms with E-state index in [0.717, 1.165) is 11.3 Å². The zero-order valence-corrected chi connectivity index (χ0v) is 14.9. The van der Waals surface area contributed by atoms with Crippen molar-refractivity contribution in [2.45, 2.75) is 33.1 Å². The second kappa shape index (κ2) is 9.67. The molecule has 0 radical (unpaired) electrons. The average molecular weight is 368 g/mol. The predicted molar refractivity (Wildman–Crippen MR) is 89.6 cm³/mol. The summed E-state index contributed by atoms with van der Waals surface area (Å²) in [6, 6.07) is 3.29. The molecule has 2 rings (SSSR count). The molecule has 0 fully saturated rings. The third-order valence-electron chi connectivity index (χ3n) is 2.89. The normalized spacial score (nSPS) is 11.6. The number of aromatic nitrogens is 2. The van der Waals surface area contributed by atoms with E-state index < -0.39 is 18.4 Å². The Morgan fingerprint density at radius 3 is 2.84 bits per heavy atom. The van der Waals surface area contributed by atoms with E-state index in [1.165, 1.54) is 6.92 Å². The van der Waals surface area contributed by atoms with Crippen LogP contribution in [0.3, 0.4) is 0 Å². The average Bonchev–Trinajstić information content (AvgIpc) is 3.24. The van der Waals surface area contributed by atoms with Crippen molar-refractivity contribution >= 4 is 23.5 Å². The Morgan fingerprint density at radius 2 is 2.12 bits per heavy atom. The van der Waals surface area contributed by atoms with E-state index in [1.807, 2.05) is 17.7 Å². The van der Waals surface area contributed by atoms with Crippen molar-refractivity contribution < 1.29 is 28.5 Å². The van der Waals surface area contributed by atoms with Gasteiger partial charge in [-0.1, -0.05) is 18.3 Å². The highest BCUT2D eigenvalue weighted by Crippen LogP contribution is 2.25. The molecule has 2 heterocycles. The summed E-state index contributed by atoms with van der Waals surface area (Å²) in [4.78, 5) is 27.6. The molecule has 0 saturated carbocycles. The second-order valence-electron chi connectivity index (χ2n) is 4.96. The molecule has 0 aliphatic heterocycles. The van der Waals surface area contributed by atoms with E-state index in [-0.39, 0.29) is 6.61 Å². The number of carbonyl (C=O) groups is 2. The summed E-state index contributed by atoms with van der Waals surface area (Å²) < 4.78 is 22.1. The van der Waals surface area contributed by atoms with E-state index in [4.69, 9.17) is 18.9 Å². The van der Waals surface area contributed by atoms with Crippen LogP contribution in [0.5, 0.6) is 5.06 Å². The highest BCUT2D eigenvalue weighted by Gasteiger charge is 2.18. The van der Waals surface area contributed by atoms with Crippen LogP contribution in [0.4, 0.5) is 4.79 Å². The van der Waals surface area contributed by atoms with Gasteiger partial charge in [-0.05, 0) is 18.6 Å².